The van der Waals surface area contributed by atoms with E-state index < -0.39 is 47.4 Å². The van der Waals surface area contributed by atoms with E-state index in [1.165, 1.54) is 26.4 Å². The predicted octanol–water partition coefficient (Wildman–Crippen LogP) is 5.50. The molecule has 0 aliphatic rings. The first-order valence-electron chi connectivity index (χ1n) is 14.7. The quantitative estimate of drug-likeness (QED) is 0.0830. The number of carbonyl (C=O) groups is 4. The molecule has 46 heavy (non-hydrogen) atoms. The number of aromatic hydroxyl groups is 1. The molecule has 2 atom stereocenters. The summed E-state index contributed by atoms with van der Waals surface area (Å²) in [6, 6.07) is 12.1. The van der Waals surface area contributed by atoms with Gasteiger partial charge in [-0.1, -0.05) is 46.9 Å². The van der Waals surface area contributed by atoms with Crippen molar-refractivity contribution in [3.8, 4) is 11.5 Å². The van der Waals surface area contributed by atoms with Crippen LogP contribution < -0.4 is 15.4 Å². The molecular formula is C33H47IN2O10. The normalized spacial score (nSPS) is 12.3. The van der Waals surface area contributed by atoms with E-state index in [1.807, 2.05) is 24.3 Å². The van der Waals surface area contributed by atoms with E-state index >= 15 is 0 Å². The van der Waals surface area contributed by atoms with Gasteiger partial charge >= 0.3 is 24.1 Å². The summed E-state index contributed by atoms with van der Waals surface area (Å²) in [7, 11) is 2.54. The van der Waals surface area contributed by atoms with Crippen molar-refractivity contribution >= 4 is 46.7 Å². The van der Waals surface area contributed by atoms with Crippen molar-refractivity contribution in [3.63, 3.8) is 0 Å². The third-order valence-corrected chi connectivity index (χ3v) is 6.40. The topological polar surface area (TPSA) is 159 Å². The number of methoxy groups -OCH3 is 2. The SMILES string of the molecule is COC(=O)C(Cc1ccc(O)cc1)NC(=O)OC(C)(C)C.COC(=O)C(Cc1ccc(OCCCI)cc1)NC(=O)OC(C)(C)C. The average molecular weight is 759 g/mol. The number of hydrogen-bond donors (Lipinski definition) is 3. The predicted molar refractivity (Wildman–Crippen MR) is 181 cm³/mol. The van der Waals surface area contributed by atoms with Crippen LogP contribution in [0.3, 0.4) is 0 Å². The smallest absolute Gasteiger partial charge is 0.408 e. The first-order chi connectivity index (χ1) is 21.5. The molecule has 2 aromatic carbocycles. The Morgan fingerprint density at radius 2 is 1.11 bits per heavy atom. The lowest BCUT2D eigenvalue weighted by Crippen LogP contribution is -2.45. The van der Waals surface area contributed by atoms with Crippen LogP contribution in [-0.2, 0) is 41.4 Å². The number of phenolic OH excluding ortho intramolecular Hbond substituents is 1. The van der Waals surface area contributed by atoms with Gasteiger partial charge < -0.3 is 39.4 Å². The van der Waals surface area contributed by atoms with E-state index in [9.17, 15) is 24.3 Å². The van der Waals surface area contributed by atoms with E-state index in [1.54, 1.807) is 53.7 Å². The van der Waals surface area contributed by atoms with Crippen LogP contribution in [0.2, 0.25) is 0 Å². The van der Waals surface area contributed by atoms with Gasteiger partial charge in [0.05, 0.1) is 20.8 Å². The molecule has 0 saturated carbocycles. The number of carbonyl (C=O) groups excluding carboxylic acids is 4. The maximum Gasteiger partial charge on any atom is 0.408 e. The second-order valence-electron chi connectivity index (χ2n) is 12.1. The van der Waals surface area contributed by atoms with Crippen LogP contribution in [0.1, 0.15) is 59.1 Å². The monoisotopic (exact) mass is 758 g/mol. The van der Waals surface area contributed by atoms with Crippen LogP contribution >= 0.6 is 22.6 Å². The molecule has 12 nitrogen and oxygen atoms in total. The Balaban J connectivity index is 0.000000467. The molecule has 0 aliphatic carbocycles. The third kappa shape index (κ3) is 17.7. The van der Waals surface area contributed by atoms with E-state index in [0.717, 1.165) is 27.7 Å². The first-order valence-corrected chi connectivity index (χ1v) is 16.2. The molecule has 256 valence electrons. The number of ether oxygens (including phenoxy) is 5. The Morgan fingerprint density at radius 3 is 1.46 bits per heavy atom. The molecule has 0 aliphatic heterocycles. The summed E-state index contributed by atoms with van der Waals surface area (Å²) in [5, 5.41) is 14.3. The van der Waals surface area contributed by atoms with Crippen molar-refractivity contribution in [1.29, 1.82) is 0 Å². The molecule has 3 N–H and O–H groups in total. The summed E-state index contributed by atoms with van der Waals surface area (Å²) in [4.78, 5) is 47.4. The van der Waals surface area contributed by atoms with Crippen molar-refractivity contribution in [2.75, 3.05) is 25.3 Å². The highest BCUT2D eigenvalue weighted by atomic mass is 127. The molecule has 0 saturated heterocycles. The van der Waals surface area contributed by atoms with E-state index in [4.69, 9.17) is 18.9 Å². The lowest BCUT2D eigenvalue weighted by Gasteiger charge is -2.22. The summed E-state index contributed by atoms with van der Waals surface area (Å²) in [6.45, 7) is 11.2. The number of halogens is 1. The van der Waals surface area contributed by atoms with E-state index in [0.29, 0.717) is 13.0 Å². The van der Waals surface area contributed by atoms with Gasteiger partial charge in [0.15, 0.2) is 0 Å². The summed E-state index contributed by atoms with van der Waals surface area (Å²) in [5.41, 5.74) is 0.372. The van der Waals surface area contributed by atoms with Crippen molar-refractivity contribution in [2.24, 2.45) is 0 Å². The van der Waals surface area contributed by atoms with Gasteiger partial charge in [-0.2, -0.15) is 0 Å². The van der Waals surface area contributed by atoms with Gasteiger partial charge in [0.25, 0.3) is 0 Å². The summed E-state index contributed by atoms with van der Waals surface area (Å²) >= 11 is 2.31. The fourth-order valence-corrected chi connectivity index (χ4v) is 3.95. The van der Waals surface area contributed by atoms with Crippen LogP contribution in [0.25, 0.3) is 0 Å². The lowest BCUT2D eigenvalue weighted by atomic mass is 10.1. The number of alkyl carbamates (subject to hydrolysis) is 2. The third-order valence-electron chi connectivity index (χ3n) is 5.64. The number of rotatable bonds is 12. The molecular weight excluding hydrogens is 711 g/mol. The first kappa shape index (κ1) is 40.3. The van der Waals surface area contributed by atoms with E-state index in [-0.39, 0.29) is 12.2 Å². The molecule has 0 bridgehead atoms. The molecule has 0 radical (unpaired) electrons. The molecule has 0 aromatic heterocycles. The Labute approximate surface area is 285 Å². The zero-order valence-electron chi connectivity index (χ0n) is 27.8. The van der Waals surface area contributed by atoms with E-state index in [2.05, 4.69) is 38.0 Å². The number of amides is 2. The number of hydrogen-bond acceptors (Lipinski definition) is 10. The van der Waals surface area contributed by atoms with Crippen molar-refractivity contribution in [3.05, 3.63) is 59.7 Å². The molecule has 0 spiro atoms. The largest absolute Gasteiger partial charge is 0.508 e. The van der Waals surface area contributed by atoms with Crippen LogP contribution in [0, 0.1) is 0 Å². The number of esters is 2. The van der Waals surface area contributed by atoms with Gasteiger partial charge in [0.2, 0.25) is 0 Å². The zero-order valence-corrected chi connectivity index (χ0v) is 30.0. The fraction of sp³-hybridized carbons (Fsp3) is 0.515. The zero-order chi connectivity index (χ0) is 34.9. The van der Waals surface area contributed by atoms with Crippen molar-refractivity contribution in [1.82, 2.24) is 10.6 Å². The number of nitrogens with one attached hydrogen (secondary N) is 2. The van der Waals surface area contributed by atoms with Crippen LogP contribution in [0.15, 0.2) is 48.5 Å². The van der Waals surface area contributed by atoms with Crippen LogP contribution in [0.5, 0.6) is 11.5 Å². The Bertz CT molecular complexity index is 1240. The van der Waals surface area contributed by atoms with Gasteiger partial charge in [-0.15, -0.1) is 0 Å². The second kappa shape index (κ2) is 19.7. The maximum absolute atomic E-state index is 11.9. The summed E-state index contributed by atoms with van der Waals surface area (Å²) < 4.78 is 26.4. The van der Waals surface area contributed by atoms with Gasteiger partial charge in [-0.25, -0.2) is 19.2 Å². The number of alkyl halides is 1. The van der Waals surface area contributed by atoms with Crippen molar-refractivity contribution in [2.45, 2.75) is 84.1 Å². The fourth-order valence-electron chi connectivity index (χ4n) is 3.64. The molecule has 2 unspecified atom stereocenters. The van der Waals surface area contributed by atoms with Crippen molar-refractivity contribution < 1.29 is 48.0 Å². The number of phenols is 1. The standard InChI is InChI=1S/C18H26INO5.C15H21NO5/c1-18(2,3)25-17(22)20-15(16(21)23-4)12-13-6-8-14(9-7-13)24-11-5-10-19;1-15(2,3)21-14(19)16-12(13(18)20-4)9-10-5-7-11(17)8-6-10/h6-9,15H,5,10-12H2,1-4H3,(H,20,22);5-8,12,17H,9H2,1-4H3,(H,16,19). The molecule has 0 heterocycles. The Morgan fingerprint density at radius 1 is 0.717 bits per heavy atom. The van der Waals surface area contributed by atoms with Gasteiger partial charge in [0.1, 0.15) is 34.8 Å². The average Bonchev–Trinajstić information content (AvgIpc) is 2.96. The molecule has 13 heteroatoms. The summed E-state index contributed by atoms with van der Waals surface area (Å²) in [5.74, 6) is -0.168. The molecule has 2 amide bonds. The van der Waals surface area contributed by atoms with Gasteiger partial charge in [0, 0.05) is 17.3 Å². The Kier molecular flexibility index (Phi) is 17.2. The minimum Gasteiger partial charge on any atom is -0.508 e. The highest BCUT2D eigenvalue weighted by Crippen LogP contribution is 2.16. The maximum atomic E-state index is 11.9. The highest BCUT2D eigenvalue weighted by molar-refractivity contribution is 14.1. The second-order valence-corrected chi connectivity index (χ2v) is 13.1. The molecule has 0 fully saturated rings. The van der Waals surface area contributed by atoms with Gasteiger partial charge in [-0.3, -0.25) is 0 Å². The summed E-state index contributed by atoms with van der Waals surface area (Å²) in [6.07, 6.45) is 0.205. The highest BCUT2D eigenvalue weighted by Gasteiger charge is 2.26. The molecule has 2 rings (SSSR count). The van der Waals surface area contributed by atoms with Crippen LogP contribution in [-0.4, -0.2) is 77.8 Å². The number of benzene rings is 2. The van der Waals surface area contributed by atoms with Crippen LogP contribution in [0.4, 0.5) is 9.59 Å². The minimum absolute atomic E-state index is 0.133. The lowest BCUT2D eigenvalue weighted by molar-refractivity contribution is -0.143. The molecule has 2 aromatic rings. The van der Waals surface area contributed by atoms with Gasteiger partial charge in [-0.05, 0) is 83.4 Å². The minimum atomic E-state index is -0.852. The Hall–Kier alpha value is -3.75.